The van der Waals surface area contributed by atoms with E-state index in [9.17, 15) is 8.42 Å². The number of oxazole rings is 1. The van der Waals surface area contributed by atoms with E-state index in [1.807, 2.05) is 24.3 Å². The molecule has 0 atom stereocenters. The Hall–Kier alpha value is -2.23. The van der Waals surface area contributed by atoms with Crippen molar-refractivity contribution < 1.29 is 22.3 Å². The molecule has 3 rings (SSSR count). The van der Waals surface area contributed by atoms with Gasteiger partial charge in [-0.3, -0.25) is 0 Å². The summed E-state index contributed by atoms with van der Waals surface area (Å²) >= 11 is 1.41. The smallest absolute Gasteiger partial charge is 0.256 e. The van der Waals surface area contributed by atoms with Crippen LogP contribution in [-0.2, 0) is 10.0 Å². The molecule has 0 bridgehead atoms. The molecule has 0 N–H and O–H groups in total. The Kier molecular flexibility index (Phi) is 5.93. The number of rotatable bonds is 8. The van der Waals surface area contributed by atoms with Crippen LogP contribution in [0.15, 0.2) is 57.0 Å². The molecule has 0 fully saturated rings. The first-order chi connectivity index (χ1) is 12.9. The van der Waals surface area contributed by atoms with Crippen LogP contribution in [0.2, 0.25) is 0 Å². The molecule has 0 aliphatic heterocycles. The molecular formula is C18H20N2O5S2. The van der Waals surface area contributed by atoms with Crippen molar-refractivity contribution in [2.24, 2.45) is 0 Å². The van der Waals surface area contributed by atoms with Crippen molar-refractivity contribution in [3.63, 3.8) is 0 Å². The third kappa shape index (κ3) is 4.55. The predicted octanol–water partition coefficient (Wildman–Crippen LogP) is 3.26. The van der Waals surface area contributed by atoms with Gasteiger partial charge in [-0.15, -0.1) is 0 Å². The van der Waals surface area contributed by atoms with Gasteiger partial charge < -0.3 is 13.9 Å². The standard InChI is InChI=1S/C18H20N2O5S2/c1-20(2)27(21,22)15-8-9-17-16(12-15)19-18(25-17)26-11-10-24-14-6-4-13(23-3)5-7-14/h4-9,12H,10-11H2,1-3H3. The minimum Gasteiger partial charge on any atom is -0.497 e. The maximum atomic E-state index is 12.2. The lowest BCUT2D eigenvalue weighted by molar-refractivity contribution is 0.342. The highest BCUT2D eigenvalue weighted by Crippen LogP contribution is 2.26. The summed E-state index contributed by atoms with van der Waals surface area (Å²) in [5, 5.41) is 0.475. The lowest BCUT2D eigenvalue weighted by Gasteiger charge is -2.10. The van der Waals surface area contributed by atoms with Gasteiger partial charge >= 0.3 is 0 Å². The zero-order valence-electron chi connectivity index (χ0n) is 15.2. The summed E-state index contributed by atoms with van der Waals surface area (Å²) < 4.78 is 42.0. The van der Waals surface area contributed by atoms with Gasteiger partial charge in [-0.25, -0.2) is 17.7 Å². The Morgan fingerprint density at radius 3 is 2.48 bits per heavy atom. The summed E-state index contributed by atoms with van der Waals surface area (Å²) in [4.78, 5) is 4.54. The van der Waals surface area contributed by atoms with Gasteiger partial charge in [-0.1, -0.05) is 11.8 Å². The minimum absolute atomic E-state index is 0.188. The average Bonchev–Trinajstić information content (AvgIpc) is 3.07. The number of methoxy groups -OCH3 is 1. The van der Waals surface area contributed by atoms with Gasteiger partial charge in [0.1, 0.15) is 17.0 Å². The first-order valence-electron chi connectivity index (χ1n) is 8.13. The molecule has 0 radical (unpaired) electrons. The van der Waals surface area contributed by atoms with E-state index in [2.05, 4.69) is 4.98 Å². The van der Waals surface area contributed by atoms with Crippen LogP contribution in [0.25, 0.3) is 11.1 Å². The van der Waals surface area contributed by atoms with E-state index >= 15 is 0 Å². The van der Waals surface area contributed by atoms with E-state index in [0.717, 1.165) is 11.5 Å². The maximum absolute atomic E-state index is 12.2. The van der Waals surface area contributed by atoms with Crippen molar-refractivity contribution in [1.29, 1.82) is 0 Å². The second-order valence-corrected chi connectivity index (χ2v) is 8.97. The summed E-state index contributed by atoms with van der Waals surface area (Å²) in [7, 11) is 1.10. The van der Waals surface area contributed by atoms with Crippen molar-refractivity contribution >= 4 is 32.9 Å². The minimum atomic E-state index is -3.50. The van der Waals surface area contributed by atoms with Gasteiger partial charge in [0, 0.05) is 19.8 Å². The Bertz CT molecular complexity index is 1010. The molecule has 3 aromatic rings. The van der Waals surface area contributed by atoms with Gasteiger partial charge in [-0.2, -0.15) is 0 Å². The van der Waals surface area contributed by atoms with Gasteiger partial charge in [0.2, 0.25) is 10.0 Å². The normalized spacial score (nSPS) is 11.9. The zero-order valence-corrected chi connectivity index (χ0v) is 16.8. The molecule has 0 aliphatic carbocycles. The van der Waals surface area contributed by atoms with Crippen molar-refractivity contribution in [2.75, 3.05) is 33.6 Å². The van der Waals surface area contributed by atoms with E-state index in [-0.39, 0.29) is 4.90 Å². The summed E-state index contributed by atoms with van der Waals surface area (Å²) in [5.41, 5.74) is 1.06. The highest BCUT2D eigenvalue weighted by Gasteiger charge is 2.19. The number of benzene rings is 2. The number of sulfonamides is 1. The molecule has 0 saturated heterocycles. The van der Waals surface area contributed by atoms with Crippen molar-refractivity contribution in [3.05, 3.63) is 42.5 Å². The number of ether oxygens (including phenoxy) is 2. The monoisotopic (exact) mass is 408 g/mol. The highest BCUT2D eigenvalue weighted by atomic mass is 32.2. The Balaban J connectivity index is 1.60. The zero-order chi connectivity index (χ0) is 19.4. The molecule has 0 aliphatic rings. The third-order valence-corrected chi connectivity index (χ3v) is 6.36. The fourth-order valence-electron chi connectivity index (χ4n) is 2.28. The van der Waals surface area contributed by atoms with Crippen LogP contribution in [-0.4, -0.2) is 51.3 Å². The fourth-order valence-corrected chi connectivity index (χ4v) is 3.85. The number of nitrogens with zero attached hydrogens (tertiary/aromatic N) is 2. The summed E-state index contributed by atoms with van der Waals surface area (Å²) in [6.07, 6.45) is 0. The van der Waals surface area contributed by atoms with Gasteiger partial charge in [0.15, 0.2) is 5.58 Å². The van der Waals surface area contributed by atoms with Crippen LogP contribution in [0, 0.1) is 0 Å². The van der Waals surface area contributed by atoms with Crippen molar-refractivity contribution in [1.82, 2.24) is 9.29 Å². The summed E-state index contributed by atoms with van der Waals surface area (Å²) in [5.74, 6) is 2.17. The average molecular weight is 409 g/mol. The maximum Gasteiger partial charge on any atom is 0.256 e. The van der Waals surface area contributed by atoms with Crippen LogP contribution in [0.4, 0.5) is 0 Å². The van der Waals surface area contributed by atoms with Crippen LogP contribution in [0.5, 0.6) is 11.5 Å². The SMILES string of the molecule is COc1ccc(OCCSc2nc3cc(S(=O)(=O)N(C)C)ccc3o2)cc1. The molecule has 1 heterocycles. The van der Waals surface area contributed by atoms with E-state index < -0.39 is 10.0 Å². The molecule has 2 aromatic carbocycles. The molecule has 0 spiro atoms. The van der Waals surface area contributed by atoms with Crippen LogP contribution in [0.1, 0.15) is 0 Å². The van der Waals surface area contributed by atoms with Crippen LogP contribution < -0.4 is 9.47 Å². The highest BCUT2D eigenvalue weighted by molar-refractivity contribution is 7.99. The molecule has 0 unspecified atom stereocenters. The van der Waals surface area contributed by atoms with Crippen molar-refractivity contribution in [2.45, 2.75) is 10.1 Å². The number of aromatic nitrogens is 1. The first-order valence-corrected chi connectivity index (χ1v) is 10.6. The number of fused-ring (bicyclic) bond motifs is 1. The van der Waals surface area contributed by atoms with E-state index in [1.54, 1.807) is 13.2 Å². The van der Waals surface area contributed by atoms with E-state index in [4.69, 9.17) is 13.9 Å². The topological polar surface area (TPSA) is 81.9 Å². The second-order valence-electron chi connectivity index (χ2n) is 5.77. The Morgan fingerprint density at radius 2 is 1.81 bits per heavy atom. The van der Waals surface area contributed by atoms with Gasteiger partial charge in [0.25, 0.3) is 5.22 Å². The van der Waals surface area contributed by atoms with E-state index in [1.165, 1.54) is 42.3 Å². The summed E-state index contributed by atoms with van der Waals surface area (Å²) in [6.45, 7) is 0.482. The Labute approximate surface area is 162 Å². The molecular weight excluding hydrogens is 388 g/mol. The quantitative estimate of drug-likeness (QED) is 0.418. The van der Waals surface area contributed by atoms with Gasteiger partial charge in [0.05, 0.1) is 18.6 Å². The second kappa shape index (κ2) is 8.20. The molecule has 0 saturated carbocycles. The molecule has 7 nitrogen and oxygen atoms in total. The molecule has 27 heavy (non-hydrogen) atoms. The van der Waals surface area contributed by atoms with Crippen LogP contribution >= 0.6 is 11.8 Å². The van der Waals surface area contributed by atoms with Gasteiger partial charge in [-0.05, 0) is 42.5 Å². The molecule has 1 aromatic heterocycles. The number of thioether (sulfide) groups is 1. The first kappa shape index (κ1) is 19.5. The number of hydrogen-bond donors (Lipinski definition) is 0. The lowest BCUT2D eigenvalue weighted by atomic mass is 10.3. The molecule has 9 heteroatoms. The fraction of sp³-hybridized carbons (Fsp3) is 0.278. The van der Waals surface area contributed by atoms with E-state index in [0.29, 0.717) is 28.7 Å². The molecule has 0 amide bonds. The summed E-state index contributed by atoms with van der Waals surface area (Å²) in [6, 6.07) is 12.0. The third-order valence-electron chi connectivity index (χ3n) is 3.76. The Morgan fingerprint density at radius 1 is 1.11 bits per heavy atom. The van der Waals surface area contributed by atoms with Crippen LogP contribution in [0.3, 0.4) is 0 Å². The molecule has 144 valence electrons. The largest absolute Gasteiger partial charge is 0.497 e. The lowest BCUT2D eigenvalue weighted by Crippen LogP contribution is -2.22. The predicted molar refractivity (Wildman–Crippen MR) is 104 cm³/mol. The van der Waals surface area contributed by atoms with Crippen molar-refractivity contribution in [3.8, 4) is 11.5 Å². The number of hydrogen-bond acceptors (Lipinski definition) is 7.